The minimum absolute atomic E-state index is 0.158. The number of nitrogens with two attached hydrogens (primary N) is 1. The molecule has 5 heteroatoms. The maximum atomic E-state index is 5.90. The van der Waals surface area contributed by atoms with Crippen molar-refractivity contribution in [1.82, 2.24) is 9.97 Å². The molecule has 1 aromatic heterocycles. The van der Waals surface area contributed by atoms with Crippen molar-refractivity contribution >= 4 is 17.5 Å². The highest BCUT2D eigenvalue weighted by molar-refractivity contribution is 6.30. The molecular weight excluding hydrogens is 260 g/mol. The van der Waals surface area contributed by atoms with Gasteiger partial charge in [-0.25, -0.2) is 9.97 Å². The Hall–Kier alpha value is -1.65. The topological polar surface area (TPSA) is 55.0 Å². The van der Waals surface area contributed by atoms with Gasteiger partial charge >= 0.3 is 0 Å². The van der Waals surface area contributed by atoms with E-state index in [1.807, 2.05) is 42.3 Å². The molecule has 0 bridgehead atoms. The third-order valence-corrected chi connectivity index (χ3v) is 3.41. The summed E-state index contributed by atoms with van der Waals surface area (Å²) in [6.07, 6.45) is 1.73. The fourth-order valence-corrected chi connectivity index (χ4v) is 1.93. The molecule has 2 aromatic rings. The first kappa shape index (κ1) is 13.8. The highest BCUT2D eigenvalue weighted by Gasteiger charge is 2.14. The predicted octanol–water partition coefficient (Wildman–Crippen LogP) is 2.79. The molecule has 19 heavy (non-hydrogen) atoms. The Kier molecular flexibility index (Phi) is 4.35. The number of hydrogen-bond donors (Lipinski definition) is 1. The lowest BCUT2D eigenvalue weighted by molar-refractivity contribution is 0.711. The second-order valence-electron chi connectivity index (χ2n) is 4.39. The first-order chi connectivity index (χ1) is 9.11. The average molecular weight is 277 g/mol. The van der Waals surface area contributed by atoms with Gasteiger partial charge in [-0.05, 0) is 30.7 Å². The van der Waals surface area contributed by atoms with Crippen LogP contribution in [0.5, 0.6) is 0 Å². The van der Waals surface area contributed by atoms with E-state index < -0.39 is 0 Å². The van der Waals surface area contributed by atoms with Crippen LogP contribution in [0.1, 0.15) is 24.2 Å². The molecule has 1 aromatic carbocycles. The van der Waals surface area contributed by atoms with E-state index in [4.69, 9.17) is 17.3 Å². The van der Waals surface area contributed by atoms with Gasteiger partial charge in [0.25, 0.3) is 0 Å². The molecule has 1 heterocycles. The second-order valence-corrected chi connectivity index (χ2v) is 4.83. The van der Waals surface area contributed by atoms with Gasteiger partial charge < -0.3 is 10.6 Å². The van der Waals surface area contributed by atoms with Crippen LogP contribution in [0.4, 0.5) is 5.95 Å². The van der Waals surface area contributed by atoms with Crippen LogP contribution in [0.2, 0.25) is 5.02 Å². The van der Waals surface area contributed by atoms with Gasteiger partial charge in [-0.15, -0.1) is 0 Å². The van der Waals surface area contributed by atoms with Crippen molar-refractivity contribution in [2.75, 3.05) is 11.9 Å². The van der Waals surface area contributed by atoms with E-state index in [9.17, 15) is 0 Å². The summed E-state index contributed by atoms with van der Waals surface area (Å²) in [6, 6.07) is 9.78. The molecular formula is C14H17ClN4. The highest BCUT2D eigenvalue weighted by Crippen LogP contribution is 2.23. The fraction of sp³-hybridized carbons (Fsp3) is 0.286. The van der Waals surface area contributed by atoms with Gasteiger partial charge in [-0.2, -0.15) is 0 Å². The van der Waals surface area contributed by atoms with Crippen LogP contribution in [0, 0.1) is 0 Å². The zero-order valence-corrected chi connectivity index (χ0v) is 11.8. The van der Waals surface area contributed by atoms with Crippen LogP contribution in [0.3, 0.4) is 0 Å². The van der Waals surface area contributed by atoms with E-state index in [0.29, 0.717) is 12.5 Å². The Bertz CT molecular complexity index is 541. The fourth-order valence-electron chi connectivity index (χ4n) is 1.81. The van der Waals surface area contributed by atoms with Gasteiger partial charge in [-0.3, -0.25) is 0 Å². The molecule has 0 spiro atoms. The summed E-state index contributed by atoms with van der Waals surface area (Å²) in [5.41, 5.74) is 7.59. The van der Waals surface area contributed by atoms with Gasteiger partial charge in [0, 0.05) is 24.8 Å². The smallest absolute Gasteiger partial charge is 0.225 e. The number of halogens is 1. The maximum absolute atomic E-state index is 5.90. The summed E-state index contributed by atoms with van der Waals surface area (Å²) in [5.74, 6) is 0.672. The molecule has 2 rings (SSSR count). The van der Waals surface area contributed by atoms with Crippen molar-refractivity contribution in [1.29, 1.82) is 0 Å². The third-order valence-electron chi connectivity index (χ3n) is 3.16. The molecule has 2 N–H and O–H groups in total. The summed E-state index contributed by atoms with van der Waals surface area (Å²) in [6.45, 7) is 2.51. The normalized spacial score (nSPS) is 12.2. The number of aromatic nitrogens is 2. The molecule has 0 aliphatic carbocycles. The summed E-state index contributed by atoms with van der Waals surface area (Å²) in [7, 11) is 1.97. The van der Waals surface area contributed by atoms with E-state index in [-0.39, 0.29) is 6.04 Å². The van der Waals surface area contributed by atoms with Crippen molar-refractivity contribution in [2.45, 2.75) is 19.5 Å². The Morgan fingerprint density at radius 1 is 1.26 bits per heavy atom. The van der Waals surface area contributed by atoms with E-state index in [1.54, 1.807) is 6.20 Å². The molecule has 4 nitrogen and oxygen atoms in total. The minimum atomic E-state index is 0.158. The van der Waals surface area contributed by atoms with Crippen LogP contribution in [-0.2, 0) is 6.54 Å². The van der Waals surface area contributed by atoms with Gasteiger partial charge in [0.05, 0.1) is 11.7 Å². The molecule has 0 aliphatic heterocycles. The largest absolute Gasteiger partial charge is 0.337 e. The Balaban J connectivity index is 2.22. The number of hydrogen-bond acceptors (Lipinski definition) is 4. The zero-order valence-electron chi connectivity index (χ0n) is 11.0. The van der Waals surface area contributed by atoms with Crippen LogP contribution < -0.4 is 10.6 Å². The van der Waals surface area contributed by atoms with Crippen molar-refractivity contribution in [3.63, 3.8) is 0 Å². The number of nitrogens with zero attached hydrogens (tertiary/aromatic N) is 3. The SMILES string of the molecule is CC(c1ccc(Cl)cc1)N(C)c1nccc(CN)n1. The molecule has 1 atom stereocenters. The molecule has 0 saturated carbocycles. The standard InChI is InChI=1S/C14H17ClN4/c1-10(11-3-5-12(15)6-4-11)19(2)14-17-8-7-13(9-16)18-14/h3-8,10H,9,16H2,1-2H3. The average Bonchev–Trinajstić information content (AvgIpc) is 2.46. The molecule has 0 radical (unpaired) electrons. The van der Waals surface area contributed by atoms with Gasteiger partial charge in [0.2, 0.25) is 5.95 Å². The van der Waals surface area contributed by atoms with Crippen molar-refractivity contribution in [2.24, 2.45) is 5.73 Å². The number of benzene rings is 1. The summed E-state index contributed by atoms with van der Waals surface area (Å²) >= 11 is 5.90. The van der Waals surface area contributed by atoms with Crippen LogP contribution in [0.25, 0.3) is 0 Å². The molecule has 1 unspecified atom stereocenters. The predicted molar refractivity (Wildman–Crippen MR) is 78.2 cm³/mol. The first-order valence-corrected chi connectivity index (χ1v) is 6.50. The molecule has 0 aliphatic rings. The van der Waals surface area contributed by atoms with Crippen LogP contribution in [-0.4, -0.2) is 17.0 Å². The van der Waals surface area contributed by atoms with E-state index in [2.05, 4.69) is 16.9 Å². The minimum Gasteiger partial charge on any atom is -0.337 e. The van der Waals surface area contributed by atoms with Crippen molar-refractivity contribution in [3.05, 3.63) is 52.8 Å². The van der Waals surface area contributed by atoms with Gasteiger partial charge in [0.15, 0.2) is 0 Å². The third kappa shape index (κ3) is 3.22. The Morgan fingerprint density at radius 3 is 2.58 bits per heavy atom. The van der Waals surface area contributed by atoms with Crippen LogP contribution >= 0.6 is 11.6 Å². The quantitative estimate of drug-likeness (QED) is 0.933. The lowest BCUT2D eigenvalue weighted by atomic mass is 10.1. The van der Waals surface area contributed by atoms with Crippen LogP contribution in [0.15, 0.2) is 36.5 Å². The van der Waals surface area contributed by atoms with Gasteiger partial charge in [0.1, 0.15) is 0 Å². The molecule has 0 amide bonds. The lowest BCUT2D eigenvalue weighted by Crippen LogP contribution is -2.24. The molecule has 0 fully saturated rings. The van der Waals surface area contributed by atoms with E-state index >= 15 is 0 Å². The molecule has 0 saturated heterocycles. The summed E-state index contributed by atoms with van der Waals surface area (Å²) in [5, 5.41) is 0.736. The Labute approximate surface area is 118 Å². The Morgan fingerprint density at radius 2 is 1.95 bits per heavy atom. The lowest BCUT2D eigenvalue weighted by Gasteiger charge is -2.25. The summed E-state index contributed by atoms with van der Waals surface area (Å²) in [4.78, 5) is 10.7. The van der Waals surface area contributed by atoms with E-state index in [0.717, 1.165) is 16.3 Å². The van der Waals surface area contributed by atoms with Crippen molar-refractivity contribution < 1.29 is 0 Å². The monoisotopic (exact) mass is 276 g/mol. The number of rotatable bonds is 4. The first-order valence-electron chi connectivity index (χ1n) is 6.12. The highest BCUT2D eigenvalue weighted by atomic mass is 35.5. The summed E-state index contributed by atoms with van der Waals surface area (Å²) < 4.78 is 0. The zero-order chi connectivity index (χ0) is 13.8. The van der Waals surface area contributed by atoms with E-state index in [1.165, 1.54) is 0 Å². The second kappa shape index (κ2) is 5.99. The maximum Gasteiger partial charge on any atom is 0.225 e. The van der Waals surface area contributed by atoms with Crippen molar-refractivity contribution in [3.8, 4) is 0 Å². The van der Waals surface area contributed by atoms with Gasteiger partial charge in [-0.1, -0.05) is 23.7 Å². The number of anilines is 1. The molecule has 100 valence electrons.